The Kier molecular flexibility index (Phi) is 4.58. The van der Waals surface area contributed by atoms with E-state index in [1.807, 2.05) is 0 Å². The first-order valence-corrected chi connectivity index (χ1v) is 8.82. The molecule has 0 atom stereocenters. The van der Waals surface area contributed by atoms with E-state index in [0.717, 1.165) is 41.9 Å². The second-order valence-electron chi connectivity index (χ2n) is 5.55. The zero-order chi connectivity index (χ0) is 14.7. The van der Waals surface area contributed by atoms with Gasteiger partial charge in [0.25, 0.3) is 0 Å². The summed E-state index contributed by atoms with van der Waals surface area (Å²) in [4.78, 5) is 11.6. The molecule has 0 spiro atoms. The average molecular weight is 305 g/mol. The summed E-state index contributed by atoms with van der Waals surface area (Å²) >= 11 is 1.74. The van der Waals surface area contributed by atoms with Crippen LogP contribution >= 0.6 is 11.3 Å². The standard InChI is InChI=1S/C16H23N3OS/c1-3-12-10-13-14(20-11-8-6-5-7-9-11)18-16(17-4-2)19-15(13)21-12/h10-11H,3-9H2,1-2H3,(H,17,18,19). The van der Waals surface area contributed by atoms with Gasteiger partial charge in [0.15, 0.2) is 0 Å². The van der Waals surface area contributed by atoms with Crippen molar-refractivity contribution in [2.45, 2.75) is 58.5 Å². The molecule has 4 nitrogen and oxygen atoms in total. The molecule has 1 N–H and O–H groups in total. The first-order valence-electron chi connectivity index (χ1n) is 8.01. The highest BCUT2D eigenvalue weighted by molar-refractivity contribution is 7.18. The predicted octanol–water partition coefficient (Wildman–Crippen LogP) is 4.40. The first kappa shape index (κ1) is 14.6. The van der Waals surface area contributed by atoms with E-state index >= 15 is 0 Å². The Balaban J connectivity index is 1.94. The van der Waals surface area contributed by atoms with Crippen LogP contribution in [0, 0.1) is 0 Å². The molecule has 1 saturated carbocycles. The van der Waals surface area contributed by atoms with E-state index in [4.69, 9.17) is 4.74 Å². The lowest BCUT2D eigenvalue weighted by atomic mass is 9.98. The van der Waals surface area contributed by atoms with E-state index in [2.05, 4.69) is 35.2 Å². The van der Waals surface area contributed by atoms with Gasteiger partial charge < -0.3 is 10.1 Å². The van der Waals surface area contributed by atoms with Crippen LogP contribution in [-0.4, -0.2) is 22.6 Å². The van der Waals surface area contributed by atoms with E-state index in [-0.39, 0.29) is 0 Å². The minimum atomic E-state index is 0.316. The molecule has 0 aliphatic heterocycles. The van der Waals surface area contributed by atoms with Gasteiger partial charge in [-0.2, -0.15) is 4.98 Å². The number of anilines is 1. The van der Waals surface area contributed by atoms with E-state index in [0.29, 0.717) is 12.1 Å². The molecule has 0 radical (unpaired) electrons. The zero-order valence-electron chi connectivity index (χ0n) is 12.8. The van der Waals surface area contributed by atoms with Crippen molar-refractivity contribution in [2.24, 2.45) is 0 Å². The maximum absolute atomic E-state index is 6.23. The quantitative estimate of drug-likeness (QED) is 0.889. The molecule has 1 aliphatic rings. The lowest BCUT2D eigenvalue weighted by molar-refractivity contribution is 0.151. The summed E-state index contributed by atoms with van der Waals surface area (Å²) in [5.41, 5.74) is 0. The molecule has 114 valence electrons. The van der Waals surface area contributed by atoms with E-state index in [1.165, 1.54) is 24.1 Å². The molecule has 0 aromatic carbocycles. The van der Waals surface area contributed by atoms with Crippen LogP contribution in [0.1, 0.15) is 50.8 Å². The zero-order valence-corrected chi connectivity index (χ0v) is 13.6. The number of aryl methyl sites for hydroxylation is 1. The number of aromatic nitrogens is 2. The van der Waals surface area contributed by atoms with Gasteiger partial charge in [-0.25, -0.2) is 4.98 Å². The number of rotatable bonds is 5. The fourth-order valence-electron chi connectivity index (χ4n) is 2.79. The summed E-state index contributed by atoms with van der Waals surface area (Å²) in [6.45, 7) is 5.05. The molecule has 1 fully saturated rings. The Morgan fingerprint density at radius 1 is 1.24 bits per heavy atom. The van der Waals surface area contributed by atoms with Crippen molar-refractivity contribution in [1.29, 1.82) is 0 Å². The average Bonchev–Trinajstić information content (AvgIpc) is 2.92. The monoisotopic (exact) mass is 305 g/mol. The second-order valence-corrected chi connectivity index (χ2v) is 6.66. The van der Waals surface area contributed by atoms with Crippen molar-refractivity contribution in [3.63, 3.8) is 0 Å². The molecule has 2 heterocycles. The Morgan fingerprint density at radius 3 is 2.76 bits per heavy atom. The number of ether oxygens (including phenoxy) is 1. The highest BCUT2D eigenvalue weighted by Crippen LogP contribution is 2.33. The van der Waals surface area contributed by atoms with Crippen LogP contribution in [-0.2, 0) is 6.42 Å². The summed E-state index contributed by atoms with van der Waals surface area (Å²) in [6.07, 6.45) is 7.50. The minimum absolute atomic E-state index is 0.316. The smallest absolute Gasteiger partial charge is 0.227 e. The van der Waals surface area contributed by atoms with Gasteiger partial charge in [-0.1, -0.05) is 13.3 Å². The van der Waals surface area contributed by atoms with Crippen molar-refractivity contribution >= 4 is 27.5 Å². The molecule has 0 bridgehead atoms. The van der Waals surface area contributed by atoms with Gasteiger partial charge in [0.05, 0.1) is 5.39 Å². The molecule has 0 saturated heterocycles. The van der Waals surface area contributed by atoms with Gasteiger partial charge in [0, 0.05) is 11.4 Å². The number of hydrogen-bond acceptors (Lipinski definition) is 5. The number of nitrogens with one attached hydrogen (secondary N) is 1. The van der Waals surface area contributed by atoms with Gasteiger partial charge in [-0.3, -0.25) is 0 Å². The van der Waals surface area contributed by atoms with Crippen LogP contribution in [0.4, 0.5) is 5.95 Å². The Hall–Kier alpha value is -1.36. The lowest BCUT2D eigenvalue weighted by Crippen LogP contribution is -2.20. The fraction of sp³-hybridized carbons (Fsp3) is 0.625. The van der Waals surface area contributed by atoms with Gasteiger partial charge >= 0.3 is 0 Å². The molecular weight excluding hydrogens is 282 g/mol. The van der Waals surface area contributed by atoms with E-state index in [9.17, 15) is 0 Å². The molecular formula is C16H23N3OS. The van der Waals surface area contributed by atoms with Crippen LogP contribution in [0.3, 0.4) is 0 Å². The maximum atomic E-state index is 6.23. The first-order chi connectivity index (χ1) is 10.3. The second kappa shape index (κ2) is 6.60. The van der Waals surface area contributed by atoms with Crippen molar-refractivity contribution in [1.82, 2.24) is 9.97 Å². The Morgan fingerprint density at radius 2 is 2.05 bits per heavy atom. The van der Waals surface area contributed by atoms with Crippen molar-refractivity contribution in [3.05, 3.63) is 10.9 Å². The van der Waals surface area contributed by atoms with Crippen molar-refractivity contribution in [2.75, 3.05) is 11.9 Å². The van der Waals surface area contributed by atoms with E-state index in [1.54, 1.807) is 11.3 Å². The third kappa shape index (κ3) is 3.28. The van der Waals surface area contributed by atoms with Gasteiger partial charge in [0.1, 0.15) is 10.9 Å². The van der Waals surface area contributed by atoms with Crippen LogP contribution in [0.5, 0.6) is 5.88 Å². The molecule has 0 unspecified atom stereocenters. The summed E-state index contributed by atoms with van der Waals surface area (Å²) in [5, 5.41) is 4.28. The summed E-state index contributed by atoms with van der Waals surface area (Å²) in [6, 6.07) is 2.19. The number of fused-ring (bicyclic) bond motifs is 1. The van der Waals surface area contributed by atoms with Crippen LogP contribution in [0.2, 0.25) is 0 Å². The van der Waals surface area contributed by atoms with Gasteiger partial charge in [-0.05, 0) is 45.1 Å². The summed E-state index contributed by atoms with van der Waals surface area (Å²) in [7, 11) is 0. The third-order valence-electron chi connectivity index (χ3n) is 3.92. The Bertz CT molecular complexity index is 605. The molecule has 0 amide bonds. The Labute approximate surface area is 129 Å². The van der Waals surface area contributed by atoms with Gasteiger partial charge in [0.2, 0.25) is 11.8 Å². The third-order valence-corrected chi connectivity index (χ3v) is 5.10. The molecule has 2 aromatic rings. The van der Waals surface area contributed by atoms with Crippen LogP contribution in [0.25, 0.3) is 10.2 Å². The summed E-state index contributed by atoms with van der Waals surface area (Å²) in [5.74, 6) is 1.44. The number of nitrogens with zero attached hydrogens (tertiary/aromatic N) is 2. The predicted molar refractivity (Wildman–Crippen MR) is 88.5 cm³/mol. The lowest BCUT2D eigenvalue weighted by Gasteiger charge is -2.22. The molecule has 2 aromatic heterocycles. The fourth-order valence-corrected chi connectivity index (χ4v) is 3.75. The SMILES string of the molecule is CCNc1nc(OC2CCCCC2)c2cc(CC)sc2n1. The van der Waals surface area contributed by atoms with Crippen molar-refractivity contribution in [3.8, 4) is 5.88 Å². The molecule has 5 heteroatoms. The van der Waals surface area contributed by atoms with E-state index < -0.39 is 0 Å². The summed E-state index contributed by atoms with van der Waals surface area (Å²) < 4.78 is 6.23. The number of thiophene rings is 1. The number of hydrogen-bond donors (Lipinski definition) is 1. The topological polar surface area (TPSA) is 47.0 Å². The molecule has 3 rings (SSSR count). The van der Waals surface area contributed by atoms with Crippen LogP contribution < -0.4 is 10.1 Å². The molecule has 21 heavy (non-hydrogen) atoms. The molecule has 1 aliphatic carbocycles. The largest absolute Gasteiger partial charge is 0.474 e. The normalized spacial score (nSPS) is 16.3. The van der Waals surface area contributed by atoms with Gasteiger partial charge in [-0.15, -0.1) is 11.3 Å². The highest BCUT2D eigenvalue weighted by atomic mass is 32.1. The van der Waals surface area contributed by atoms with Crippen molar-refractivity contribution < 1.29 is 4.74 Å². The maximum Gasteiger partial charge on any atom is 0.227 e. The minimum Gasteiger partial charge on any atom is -0.474 e. The van der Waals surface area contributed by atoms with Crippen LogP contribution in [0.15, 0.2) is 6.07 Å². The highest BCUT2D eigenvalue weighted by Gasteiger charge is 2.19.